The first-order chi connectivity index (χ1) is 9.60. The maximum absolute atomic E-state index is 12.9. The van der Waals surface area contributed by atoms with Gasteiger partial charge in [0.2, 0.25) is 0 Å². The van der Waals surface area contributed by atoms with Crippen molar-refractivity contribution in [2.24, 2.45) is 5.73 Å². The van der Waals surface area contributed by atoms with Crippen LogP contribution in [0.2, 0.25) is 5.02 Å². The molecule has 0 aliphatic rings. The molecule has 0 aliphatic heterocycles. The Labute approximate surface area is 128 Å². The van der Waals surface area contributed by atoms with Gasteiger partial charge in [0.05, 0.1) is 5.02 Å². The minimum atomic E-state index is -0.235. The lowest BCUT2D eigenvalue weighted by Crippen LogP contribution is -2.21. The second kappa shape index (κ2) is 7.11. The summed E-state index contributed by atoms with van der Waals surface area (Å²) in [6.45, 7) is 2.07. The molecular formula is C16H17ClFNS. The predicted octanol–water partition coefficient (Wildman–Crippen LogP) is 4.91. The van der Waals surface area contributed by atoms with Crippen LogP contribution in [0.25, 0.3) is 0 Å². The van der Waals surface area contributed by atoms with Crippen LogP contribution >= 0.6 is 23.4 Å². The summed E-state index contributed by atoms with van der Waals surface area (Å²) in [6.07, 6.45) is 1.72. The van der Waals surface area contributed by atoms with Gasteiger partial charge >= 0.3 is 0 Å². The van der Waals surface area contributed by atoms with E-state index in [1.165, 1.54) is 12.1 Å². The Bertz CT molecular complexity index is 571. The highest BCUT2D eigenvalue weighted by molar-refractivity contribution is 7.99. The Kier molecular flexibility index (Phi) is 5.46. The standard InChI is InChI=1S/C16H17ClFNS/c1-2-13(19)10-11-4-3-5-15(17)16(11)20-14-8-6-12(18)7-9-14/h3-9,13H,2,10,19H2,1H3. The molecule has 1 nitrogen and oxygen atoms in total. The van der Waals surface area contributed by atoms with Gasteiger partial charge in [-0.2, -0.15) is 0 Å². The summed E-state index contributed by atoms with van der Waals surface area (Å²) >= 11 is 7.85. The number of hydrogen-bond donors (Lipinski definition) is 1. The molecule has 0 aromatic heterocycles. The first-order valence-corrected chi connectivity index (χ1v) is 7.76. The lowest BCUT2D eigenvalue weighted by atomic mass is 10.0. The summed E-state index contributed by atoms with van der Waals surface area (Å²) in [4.78, 5) is 1.97. The fourth-order valence-electron chi connectivity index (χ4n) is 1.88. The van der Waals surface area contributed by atoms with E-state index in [0.29, 0.717) is 5.02 Å². The minimum absolute atomic E-state index is 0.126. The average Bonchev–Trinajstić information content (AvgIpc) is 2.44. The topological polar surface area (TPSA) is 26.0 Å². The molecule has 1 atom stereocenters. The molecule has 0 fully saturated rings. The van der Waals surface area contributed by atoms with Gasteiger partial charge in [-0.1, -0.05) is 42.4 Å². The zero-order valence-corrected chi connectivity index (χ0v) is 12.8. The lowest BCUT2D eigenvalue weighted by Gasteiger charge is -2.14. The Hall–Kier alpha value is -1.03. The van der Waals surface area contributed by atoms with Crippen LogP contribution < -0.4 is 5.73 Å². The zero-order valence-electron chi connectivity index (χ0n) is 11.3. The zero-order chi connectivity index (χ0) is 14.5. The van der Waals surface area contributed by atoms with Gasteiger partial charge in [-0.15, -0.1) is 0 Å². The first-order valence-electron chi connectivity index (χ1n) is 6.56. The van der Waals surface area contributed by atoms with Crippen molar-refractivity contribution < 1.29 is 4.39 Å². The smallest absolute Gasteiger partial charge is 0.123 e. The van der Waals surface area contributed by atoms with Gasteiger partial charge in [0, 0.05) is 15.8 Å². The number of rotatable bonds is 5. The molecule has 0 heterocycles. The van der Waals surface area contributed by atoms with E-state index in [9.17, 15) is 4.39 Å². The maximum atomic E-state index is 12.9. The molecule has 2 rings (SSSR count). The normalized spacial score (nSPS) is 12.4. The van der Waals surface area contributed by atoms with Crippen molar-refractivity contribution in [1.29, 1.82) is 0 Å². The Morgan fingerprint density at radius 1 is 1.20 bits per heavy atom. The molecule has 4 heteroatoms. The third kappa shape index (κ3) is 3.98. The van der Waals surface area contributed by atoms with Crippen molar-refractivity contribution >= 4 is 23.4 Å². The van der Waals surface area contributed by atoms with E-state index in [4.69, 9.17) is 17.3 Å². The molecule has 0 bridgehead atoms. The second-order valence-corrected chi connectivity index (χ2v) is 6.15. The fourth-order valence-corrected chi connectivity index (χ4v) is 3.14. The molecule has 0 saturated carbocycles. The molecule has 20 heavy (non-hydrogen) atoms. The number of hydrogen-bond acceptors (Lipinski definition) is 2. The van der Waals surface area contributed by atoms with Gasteiger partial charge in [0.25, 0.3) is 0 Å². The molecule has 0 spiro atoms. The lowest BCUT2D eigenvalue weighted by molar-refractivity contribution is 0.626. The fraction of sp³-hybridized carbons (Fsp3) is 0.250. The van der Waals surface area contributed by atoms with Crippen LogP contribution in [0.3, 0.4) is 0 Å². The van der Waals surface area contributed by atoms with Gasteiger partial charge in [0.1, 0.15) is 5.82 Å². The summed E-state index contributed by atoms with van der Waals surface area (Å²) in [5, 5.41) is 0.708. The van der Waals surface area contributed by atoms with E-state index in [2.05, 4.69) is 6.92 Å². The highest BCUT2D eigenvalue weighted by atomic mass is 35.5. The van der Waals surface area contributed by atoms with Crippen LogP contribution in [0, 0.1) is 5.82 Å². The van der Waals surface area contributed by atoms with Crippen LogP contribution in [0.1, 0.15) is 18.9 Å². The highest BCUT2D eigenvalue weighted by Crippen LogP contribution is 2.36. The van der Waals surface area contributed by atoms with Crippen molar-refractivity contribution in [2.45, 2.75) is 35.6 Å². The SMILES string of the molecule is CCC(N)Cc1cccc(Cl)c1Sc1ccc(F)cc1. The molecule has 0 radical (unpaired) electrons. The molecular weight excluding hydrogens is 293 g/mol. The van der Waals surface area contributed by atoms with Crippen LogP contribution in [-0.4, -0.2) is 6.04 Å². The van der Waals surface area contributed by atoms with Crippen LogP contribution in [0.4, 0.5) is 4.39 Å². The third-order valence-electron chi connectivity index (χ3n) is 3.09. The highest BCUT2D eigenvalue weighted by Gasteiger charge is 2.11. The molecule has 0 aliphatic carbocycles. The molecule has 1 unspecified atom stereocenters. The van der Waals surface area contributed by atoms with Gasteiger partial charge in [0.15, 0.2) is 0 Å². The molecule has 2 aromatic rings. The summed E-state index contributed by atoms with van der Waals surface area (Å²) in [7, 11) is 0. The summed E-state index contributed by atoms with van der Waals surface area (Å²) in [6, 6.07) is 12.4. The molecule has 0 saturated heterocycles. The van der Waals surface area contributed by atoms with E-state index in [-0.39, 0.29) is 11.9 Å². The van der Waals surface area contributed by atoms with E-state index in [1.807, 2.05) is 18.2 Å². The van der Waals surface area contributed by atoms with E-state index in [0.717, 1.165) is 28.2 Å². The Morgan fingerprint density at radius 2 is 1.90 bits per heavy atom. The molecule has 0 amide bonds. The Morgan fingerprint density at radius 3 is 2.55 bits per heavy atom. The quantitative estimate of drug-likeness (QED) is 0.849. The minimum Gasteiger partial charge on any atom is -0.327 e. The second-order valence-electron chi connectivity index (χ2n) is 4.66. The average molecular weight is 310 g/mol. The van der Waals surface area contributed by atoms with E-state index >= 15 is 0 Å². The van der Waals surface area contributed by atoms with Gasteiger partial charge in [-0.05, 0) is 48.7 Å². The maximum Gasteiger partial charge on any atom is 0.123 e. The van der Waals surface area contributed by atoms with E-state index in [1.54, 1.807) is 23.9 Å². The molecule has 106 valence electrons. The van der Waals surface area contributed by atoms with Crippen molar-refractivity contribution in [2.75, 3.05) is 0 Å². The molecule has 2 N–H and O–H groups in total. The van der Waals surface area contributed by atoms with Gasteiger partial charge in [-0.3, -0.25) is 0 Å². The summed E-state index contributed by atoms with van der Waals surface area (Å²) in [5.41, 5.74) is 7.18. The van der Waals surface area contributed by atoms with Crippen molar-refractivity contribution in [3.05, 3.63) is 58.9 Å². The van der Waals surface area contributed by atoms with Crippen molar-refractivity contribution in [3.63, 3.8) is 0 Å². The number of nitrogens with two attached hydrogens (primary N) is 1. The largest absolute Gasteiger partial charge is 0.327 e. The van der Waals surface area contributed by atoms with Gasteiger partial charge < -0.3 is 5.73 Å². The van der Waals surface area contributed by atoms with E-state index < -0.39 is 0 Å². The first kappa shape index (κ1) is 15.4. The van der Waals surface area contributed by atoms with Crippen LogP contribution in [-0.2, 0) is 6.42 Å². The number of benzene rings is 2. The van der Waals surface area contributed by atoms with Crippen molar-refractivity contribution in [1.82, 2.24) is 0 Å². The summed E-state index contributed by atoms with van der Waals surface area (Å²) in [5.74, 6) is -0.235. The van der Waals surface area contributed by atoms with Crippen LogP contribution in [0.5, 0.6) is 0 Å². The molecule has 2 aromatic carbocycles. The number of halogens is 2. The Balaban J connectivity index is 2.27. The van der Waals surface area contributed by atoms with Crippen molar-refractivity contribution in [3.8, 4) is 0 Å². The van der Waals surface area contributed by atoms with Crippen LogP contribution in [0.15, 0.2) is 52.3 Å². The monoisotopic (exact) mass is 309 g/mol. The summed E-state index contributed by atoms with van der Waals surface area (Å²) < 4.78 is 12.9. The third-order valence-corrected chi connectivity index (χ3v) is 4.71. The predicted molar refractivity (Wildman–Crippen MR) is 83.9 cm³/mol. The van der Waals surface area contributed by atoms with Gasteiger partial charge in [-0.25, -0.2) is 4.39 Å².